The summed E-state index contributed by atoms with van der Waals surface area (Å²) >= 11 is 3.18. The number of aryl methyl sites for hydroxylation is 1. The van der Waals surface area contributed by atoms with Crippen LogP contribution in [0.5, 0.6) is 5.75 Å². The van der Waals surface area contributed by atoms with Gasteiger partial charge in [0.2, 0.25) is 5.95 Å². The molecule has 1 aromatic heterocycles. The van der Waals surface area contributed by atoms with Crippen LogP contribution in [0.3, 0.4) is 0 Å². The fraction of sp³-hybridized carbons (Fsp3) is 0.300. The van der Waals surface area contributed by atoms with Crippen LogP contribution < -0.4 is 10.1 Å². The molecule has 1 amide bonds. The van der Waals surface area contributed by atoms with Gasteiger partial charge in [-0.3, -0.25) is 10.1 Å². The Bertz CT molecular complexity index is 961. The summed E-state index contributed by atoms with van der Waals surface area (Å²) in [6.45, 7) is 3.58. The van der Waals surface area contributed by atoms with E-state index < -0.39 is 11.7 Å². The molecule has 28 heavy (non-hydrogen) atoms. The quantitative estimate of drug-likeness (QED) is 0.492. The van der Waals surface area contributed by atoms with Crippen molar-refractivity contribution in [3.63, 3.8) is 0 Å². The minimum absolute atomic E-state index is 0.0172. The van der Waals surface area contributed by atoms with Crippen molar-refractivity contribution in [3.05, 3.63) is 52.8 Å². The number of nitrogens with one attached hydrogen (secondary N) is 1. The molecule has 2 aromatic carbocycles. The molecule has 0 unspecified atom stereocenters. The van der Waals surface area contributed by atoms with Gasteiger partial charge in [0.15, 0.2) is 18.2 Å². The molecule has 3 rings (SSSR count). The third kappa shape index (κ3) is 5.08. The van der Waals surface area contributed by atoms with Crippen LogP contribution in [0.15, 0.2) is 46.9 Å². The second-order valence-electron chi connectivity index (χ2n) is 6.04. The lowest BCUT2D eigenvalue weighted by Gasteiger charge is -2.11. The standard InChI is InChI=1S/C20H21BrFN3O3/c1-2-27-11-5-10-25-17-7-4-3-6-16(17)23-20(25)24-19(26)13-28-18-9-8-14(21)12-15(18)22/h3-4,6-9,12H,2,5,10-11,13H2,1H3,(H,23,24,26). The number of fused-ring (bicyclic) bond motifs is 1. The van der Waals surface area contributed by atoms with E-state index in [1.54, 1.807) is 6.07 Å². The van der Waals surface area contributed by atoms with Gasteiger partial charge in [-0.15, -0.1) is 0 Å². The Morgan fingerprint density at radius 1 is 1.29 bits per heavy atom. The van der Waals surface area contributed by atoms with Gasteiger partial charge in [-0.25, -0.2) is 9.37 Å². The summed E-state index contributed by atoms with van der Waals surface area (Å²) in [7, 11) is 0. The third-order valence-electron chi connectivity index (χ3n) is 4.03. The first-order chi connectivity index (χ1) is 13.6. The molecule has 3 aromatic rings. The Morgan fingerprint density at radius 2 is 2.11 bits per heavy atom. The van der Waals surface area contributed by atoms with Crippen LogP contribution in [0.2, 0.25) is 0 Å². The average Bonchev–Trinajstić information content (AvgIpc) is 3.01. The monoisotopic (exact) mass is 449 g/mol. The van der Waals surface area contributed by atoms with E-state index >= 15 is 0 Å². The van der Waals surface area contributed by atoms with E-state index in [0.29, 0.717) is 30.2 Å². The number of hydrogen-bond donors (Lipinski definition) is 1. The minimum Gasteiger partial charge on any atom is -0.481 e. The van der Waals surface area contributed by atoms with Crippen molar-refractivity contribution in [3.8, 4) is 5.75 Å². The lowest BCUT2D eigenvalue weighted by atomic mass is 10.3. The fourth-order valence-corrected chi connectivity index (χ4v) is 3.10. The Kier molecular flexibility index (Phi) is 7.00. The summed E-state index contributed by atoms with van der Waals surface area (Å²) in [5.74, 6) is -0.500. The van der Waals surface area contributed by atoms with Crippen LogP contribution in [0.1, 0.15) is 13.3 Å². The minimum atomic E-state index is -0.537. The van der Waals surface area contributed by atoms with E-state index in [1.165, 1.54) is 12.1 Å². The molecule has 0 aliphatic heterocycles. The van der Waals surface area contributed by atoms with Gasteiger partial charge in [-0.1, -0.05) is 28.1 Å². The lowest BCUT2D eigenvalue weighted by Crippen LogP contribution is -2.23. The second kappa shape index (κ2) is 9.66. The highest BCUT2D eigenvalue weighted by molar-refractivity contribution is 9.10. The Hall–Kier alpha value is -2.45. The van der Waals surface area contributed by atoms with E-state index in [-0.39, 0.29) is 12.4 Å². The molecule has 6 nitrogen and oxygen atoms in total. The summed E-state index contributed by atoms with van der Waals surface area (Å²) in [4.78, 5) is 16.8. The van der Waals surface area contributed by atoms with E-state index in [2.05, 4.69) is 26.2 Å². The molecule has 0 aliphatic carbocycles. The predicted molar refractivity (Wildman–Crippen MR) is 109 cm³/mol. The van der Waals surface area contributed by atoms with E-state index in [9.17, 15) is 9.18 Å². The topological polar surface area (TPSA) is 65.4 Å². The van der Waals surface area contributed by atoms with Crippen LogP contribution in [0.4, 0.5) is 10.3 Å². The van der Waals surface area contributed by atoms with Crippen molar-refractivity contribution in [1.82, 2.24) is 9.55 Å². The largest absolute Gasteiger partial charge is 0.481 e. The first-order valence-electron chi connectivity index (χ1n) is 8.99. The van der Waals surface area contributed by atoms with E-state index in [4.69, 9.17) is 9.47 Å². The summed E-state index contributed by atoms with van der Waals surface area (Å²) in [5.41, 5.74) is 1.71. The van der Waals surface area contributed by atoms with Crippen molar-refractivity contribution >= 4 is 38.8 Å². The Balaban J connectivity index is 1.68. The maximum absolute atomic E-state index is 13.8. The number of carbonyl (C=O) groups is 1. The number of para-hydroxylation sites is 2. The highest BCUT2D eigenvalue weighted by Crippen LogP contribution is 2.22. The van der Waals surface area contributed by atoms with Gasteiger partial charge in [-0.2, -0.15) is 0 Å². The number of nitrogens with zero attached hydrogens (tertiary/aromatic N) is 2. The van der Waals surface area contributed by atoms with Gasteiger partial charge < -0.3 is 14.0 Å². The Morgan fingerprint density at radius 3 is 2.89 bits per heavy atom. The molecule has 0 bridgehead atoms. The summed E-state index contributed by atoms with van der Waals surface area (Å²) in [5, 5.41) is 2.76. The zero-order valence-corrected chi connectivity index (χ0v) is 17.0. The number of rotatable bonds is 9. The van der Waals surface area contributed by atoms with Crippen LogP contribution in [0.25, 0.3) is 11.0 Å². The lowest BCUT2D eigenvalue weighted by molar-refractivity contribution is -0.118. The van der Waals surface area contributed by atoms with Crippen molar-refractivity contribution < 1.29 is 18.7 Å². The fourth-order valence-electron chi connectivity index (χ4n) is 2.76. The van der Waals surface area contributed by atoms with Gasteiger partial charge in [-0.05, 0) is 43.7 Å². The molecule has 0 saturated carbocycles. The molecule has 8 heteroatoms. The molecule has 1 heterocycles. The highest BCUT2D eigenvalue weighted by Gasteiger charge is 2.14. The Labute approximate surface area is 170 Å². The molecular formula is C20H21BrFN3O3. The smallest absolute Gasteiger partial charge is 0.264 e. The SMILES string of the molecule is CCOCCCn1c(NC(=O)COc2ccc(Br)cc2F)nc2ccccc21. The number of ether oxygens (including phenoxy) is 2. The third-order valence-corrected chi connectivity index (χ3v) is 4.53. The summed E-state index contributed by atoms with van der Waals surface area (Å²) in [6.07, 6.45) is 0.789. The molecular weight excluding hydrogens is 429 g/mol. The van der Waals surface area contributed by atoms with E-state index in [1.807, 2.05) is 35.8 Å². The number of amides is 1. The first-order valence-corrected chi connectivity index (χ1v) is 9.78. The molecule has 0 saturated heterocycles. The van der Waals surface area contributed by atoms with E-state index in [0.717, 1.165) is 17.5 Å². The van der Waals surface area contributed by atoms with Crippen molar-refractivity contribution in [2.45, 2.75) is 19.9 Å². The van der Waals surface area contributed by atoms with Gasteiger partial charge in [0, 0.05) is 24.2 Å². The van der Waals surface area contributed by atoms with Gasteiger partial charge in [0.1, 0.15) is 0 Å². The van der Waals surface area contributed by atoms with Crippen LogP contribution in [-0.4, -0.2) is 35.3 Å². The van der Waals surface area contributed by atoms with Crippen molar-refractivity contribution in [2.24, 2.45) is 0 Å². The molecule has 0 spiro atoms. The maximum Gasteiger partial charge on any atom is 0.264 e. The van der Waals surface area contributed by atoms with Crippen LogP contribution in [-0.2, 0) is 16.1 Å². The van der Waals surface area contributed by atoms with Crippen LogP contribution >= 0.6 is 15.9 Å². The zero-order chi connectivity index (χ0) is 19.9. The number of carbonyl (C=O) groups excluding carboxylic acids is 1. The van der Waals surface area contributed by atoms with Crippen molar-refractivity contribution in [1.29, 1.82) is 0 Å². The van der Waals surface area contributed by atoms with Gasteiger partial charge in [0.05, 0.1) is 11.0 Å². The number of hydrogen-bond acceptors (Lipinski definition) is 4. The van der Waals surface area contributed by atoms with Crippen molar-refractivity contribution in [2.75, 3.05) is 25.1 Å². The van der Waals surface area contributed by atoms with Crippen LogP contribution in [0, 0.1) is 5.82 Å². The number of anilines is 1. The molecule has 0 atom stereocenters. The predicted octanol–water partition coefficient (Wildman–Crippen LogP) is 4.38. The number of imidazole rings is 1. The second-order valence-corrected chi connectivity index (χ2v) is 6.95. The first kappa shape index (κ1) is 20.3. The average molecular weight is 450 g/mol. The molecule has 0 aliphatic rings. The molecule has 0 radical (unpaired) electrons. The summed E-state index contributed by atoms with van der Waals surface area (Å²) < 4.78 is 27.0. The zero-order valence-electron chi connectivity index (χ0n) is 15.5. The number of halogens is 2. The number of benzene rings is 2. The highest BCUT2D eigenvalue weighted by atomic mass is 79.9. The summed E-state index contributed by atoms with van der Waals surface area (Å²) in [6, 6.07) is 12.1. The maximum atomic E-state index is 13.8. The molecule has 148 valence electrons. The van der Waals surface area contributed by atoms with Gasteiger partial charge >= 0.3 is 0 Å². The molecule has 0 fully saturated rings. The normalized spacial score (nSPS) is 11.0. The molecule has 1 N–H and O–H groups in total. The van der Waals surface area contributed by atoms with Gasteiger partial charge in [0.25, 0.3) is 5.91 Å². The number of aromatic nitrogens is 2.